The van der Waals surface area contributed by atoms with E-state index in [2.05, 4.69) is 4.90 Å². The van der Waals surface area contributed by atoms with Crippen LogP contribution < -0.4 is 10.2 Å². The van der Waals surface area contributed by atoms with Gasteiger partial charge >= 0.3 is 0 Å². The molecule has 1 unspecified atom stereocenters. The van der Waals surface area contributed by atoms with Crippen LogP contribution in [-0.4, -0.2) is 61.7 Å². The van der Waals surface area contributed by atoms with Crippen LogP contribution in [0.15, 0.2) is 51.7 Å². The Kier molecular flexibility index (Phi) is 5.91. The van der Waals surface area contributed by atoms with E-state index in [1.54, 1.807) is 11.0 Å². The van der Waals surface area contributed by atoms with E-state index in [1.807, 2.05) is 50.2 Å². The van der Waals surface area contributed by atoms with E-state index in [0.29, 0.717) is 55.2 Å². The molecular weight excluding hydrogens is 420 g/mol. The Morgan fingerprint density at radius 1 is 1.06 bits per heavy atom. The van der Waals surface area contributed by atoms with Gasteiger partial charge in [-0.1, -0.05) is 23.8 Å². The summed E-state index contributed by atoms with van der Waals surface area (Å²) in [4.78, 5) is 31.3. The van der Waals surface area contributed by atoms with E-state index in [0.717, 1.165) is 24.2 Å². The number of benzene rings is 2. The van der Waals surface area contributed by atoms with Crippen LogP contribution in [0.3, 0.4) is 0 Å². The minimum Gasteiger partial charge on any atom is -0.494 e. The van der Waals surface area contributed by atoms with E-state index in [4.69, 9.17) is 13.9 Å². The highest BCUT2D eigenvalue weighted by Crippen LogP contribution is 2.39. The number of rotatable bonds is 6. The topological polar surface area (TPSA) is 72.2 Å². The van der Waals surface area contributed by atoms with Crippen LogP contribution >= 0.6 is 0 Å². The summed E-state index contributed by atoms with van der Waals surface area (Å²) in [7, 11) is 0. The fourth-order valence-corrected chi connectivity index (χ4v) is 4.73. The molecule has 1 aromatic heterocycles. The summed E-state index contributed by atoms with van der Waals surface area (Å²) < 4.78 is 17.2. The van der Waals surface area contributed by atoms with Crippen LogP contribution in [0.4, 0.5) is 0 Å². The van der Waals surface area contributed by atoms with Crippen molar-refractivity contribution in [3.63, 3.8) is 0 Å². The Labute approximate surface area is 192 Å². The predicted octanol–water partition coefficient (Wildman–Crippen LogP) is 3.38. The summed E-state index contributed by atoms with van der Waals surface area (Å²) >= 11 is 0. The average Bonchev–Trinajstić information content (AvgIpc) is 3.11. The lowest BCUT2D eigenvalue weighted by Crippen LogP contribution is -2.42. The third-order valence-electron chi connectivity index (χ3n) is 6.37. The van der Waals surface area contributed by atoms with Gasteiger partial charge < -0.3 is 18.8 Å². The largest absolute Gasteiger partial charge is 0.494 e. The maximum atomic E-state index is 13.7. The van der Waals surface area contributed by atoms with Crippen molar-refractivity contribution in [2.24, 2.45) is 0 Å². The predicted molar refractivity (Wildman–Crippen MR) is 125 cm³/mol. The fraction of sp³-hybridized carbons (Fsp3) is 0.385. The third-order valence-corrected chi connectivity index (χ3v) is 6.37. The molecule has 1 fully saturated rings. The standard InChI is InChI=1S/C26H28N2O5/c1-3-32-19-6-4-5-18(16-19)23-22-24(29)20-15-17(2)7-8-21(20)33-25(22)26(30)28(23)10-9-27-11-13-31-14-12-27/h4-8,15-16,23H,3,9-14H2,1-2H3. The number of aryl methyl sites for hydroxylation is 1. The molecule has 3 aromatic rings. The molecular formula is C26H28N2O5. The zero-order valence-corrected chi connectivity index (χ0v) is 19.0. The maximum absolute atomic E-state index is 13.7. The number of ether oxygens (including phenoxy) is 2. The van der Waals surface area contributed by atoms with E-state index in [9.17, 15) is 9.59 Å². The van der Waals surface area contributed by atoms with Crippen molar-refractivity contribution in [1.29, 1.82) is 0 Å². The van der Waals surface area contributed by atoms with Crippen molar-refractivity contribution in [3.05, 3.63) is 75.1 Å². The average molecular weight is 449 g/mol. The number of hydrogen-bond donors (Lipinski definition) is 0. The van der Waals surface area contributed by atoms with Crippen molar-refractivity contribution in [3.8, 4) is 5.75 Å². The second-order valence-corrected chi connectivity index (χ2v) is 8.53. The van der Waals surface area contributed by atoms with Crippen LogP contribution in [0.5, 0.6) is 5.75 Å². The summed E-state index contributed by atoms with van der Waals surface area (Å²) in [6.45, 7) is 8.65. The molecule has 0 N–H and O–H groups in total. The van der Waals surface area contributed by atoms with Crippen molar-refractivity contribution in [1.82, 2.24) is 9.80 Å². The summed E-state index contributed by atoms with van der Waals surface area (Å²) in [6.07, 6.45) is 0. The molecule has 0 bridgehead atoms. The monoisotopic (exact) mass is 448 g/mol. The Morgan fingerprint density at radius 3 is 2.67 bits per heavy atom. The molecule has 1 amide bonds. The molecule has 3 heterocycles. The van der Waals surface area contributed by atoms with Crippen molar-refractivity contribution >= 4 is 16.9 Å². The van der Waals surface area contributed by atoms with Gasteiger partial charge in [0.15, 0.2) is 5.43 Å². The van der Waals surface area contributed by atoms with Crippen molar-refractivity contribution in [2.45, 2.75) is 19.9 Å². The molecule has 2 aromatic carbocycles. The number of hydrogen-bond acceptors (Lipinski definition) is 6. The molecule has 2 aliphatic rings. The van der Waals surface area contributed by atoms with Crippen LogP contribution in [0.2, 0.25) is 0 Å². The van der Waals surface area contributed by atoms with Gasteiger partial charge in [0.25, 0.3) is 5.91 Å². The van der Waals surface area contributed by atoms with Gasteiger partial charge in [-0.05, 0) is 43.7 Å². The fourth-order valence-electron chi connectivity index (χ4n) is 4.73. The first-order valence-electron chi connectivity index (χ1n) is 11.5. The van der Waals surface area contributed by atoms with Gasteiger partial charge in [0, 0.05) is 26.2 Å². The molecule has 33 heavy (non-hydrogen) atoms. The van der Waals surface area contributed by atoms with Gasteiger partial charge in [0.05, 0.1) is 36.8 Å². The summed E-state index contributed by atoms with van der Waals surface area (Å²) in [5.74, 6) is 0.611. The number of morpholine rings is 1. The first-order chi connectivity index (χ1) is 16.1. The van der Waals surface area contributed by atoms with E-state index < -0.39 is 6.04 Å². The van der Waals surface area contributed by atoms with Crippen molar-refractivity contribution in [2.75, 3.05) is 46.0 Å². The molecule has 0 spiro atoms. The number of amides is 1. The maximum Gasteiger partial charge on any atom is 0.290 e. The molecule has 172 valence electrons. The highest BCUT2D eigenvalue weighted by Gasteiger charge is 2.42. The molecule has 2 aliphatic heterocycles. The smallest absolute Gasteiger partial charge is 0.290 e. The van der Waals surface area contributed by atoms with Crippen LogP contribution in [0, 0.1) is 6.92 Å². The Morgan fingerprint density at radius 2 is 1.88 bits per heavy atom. The zero-order chi connectivity index (χ0) is 22.9. The first-order valence-corrected chi connectivity index (χ1v) is 11.5. The highest BCUT2D eigenvalue weighted by molar-refractivity contribution is 5.99. The molecule has 7 heteroatoms. The normalized spacial score (nSPS) is 18.7. The van der Waals surface area contributed by atoms with Crippen LogP contribution in [-0.2, 0) is 4.74 Å². The second kappa shape index (κ2) is 9.00. The minimum absolute atomic E-state index is 0.144. The Bertz CT molecular complexity index is 1250. The molecule has 0 aliphatic carbocycles. The summed E-state index contributed by atoms with van der Waals surface area (Å²) in [5.41, 5.74) is 2.51. The van der Waals surface area contributed by atoms with Gasteiger partial charge in [0.2, 0.25) is 5.76 Å². The van der Waals surface area contributed by atoms with Gasteiger partial charge in [-0.2, -0.15) is 0 Å². The molecule has 0 radical (unpaired) electrons. The third kappa shape index (κ3) is 4.03. The van der Waals surface area contributed by atoms with Crippen molar-refractivity contribution < 1.29 is 18.7 Å². The number of carbonyl (C=O) groups excluding carboxylic acids is 1. The lowest BCUT2D eigenvalue weighted by atomic mass is 9.98. The zero-order valence-electron chi connectivity index (χ0n) is 19.0. The lowest BCUT2D eigenvalue weighted by Gasteiger charge is -2.31. The lowest BCUT2D eigenvalue weighted by molar-refractivity contribution is 0.0314. The van der Waals surface area contributed by atoms with Gasteiger partial charge in [-0.3, -0.25) is 14.5 Å². The van der Waals surface area contributed by atoms with E-state index in [1.165, 1.54) is 0 Å². The molecule has 5 rings (SSSR count). The summed E-state index contributed by atoms with van der Waals surface area (Å²) in [6, 6.07) is 12.6. The van der Waals surface area contributed by atoms with Crippen LogP contribution in [0.25, 0.3) is 11.0 Å². The molecule has 1 atom stereocenters. The second-order valence-electron chi connectivity index (χ2n) is 8.53. The van der Waals surface area contributed by atoms with Gasteiger partial charge in [-0.25, -0.2) is 0 Å². The number of fused-ring (bicyclic) bond motifs is 2. The van der Waals surface area contributed by atoms with Crippen LogP contribution in [0.1, 0.15) is 40.2 Å². The quantitative estimate of drug-likeness (QED) is 0.576. The SMILES string of the molecule is CCOc1cccc(C2c3c(oc4ccc(C)cc4c3=O)C(=O)N2CCN2CCOCC2)c1. The Hall–Kier alpha value is -3.16. The van der Waals surface area contributed by atoms with E-state index >= 15 is 0 Å². The summed E-state index contributed by atoms with van der Waals surface area (Å²) in [5, 5.41) is 0.502. The first kappa shape index (κ1) is 21.7. The molecule has 7 nitrogen and oxygen atoms in total. The minimum atomic E-state index is -0.518. The highest BCUT2D eigenvalue weighted by atomic mass is 16.5. The molecule has 0 saturated carbocycles. The van der Waals surface area contributed by atoms with E-state index in [-0.39, 0.29) is 17.1 Å². The van der Waals surface area contributed by atoms with Gasteiger partial charge in [-0.15, -0.1) is 0 Å². The number of carbonyl (C=O) groups is 1. The Balaban J connectivity index is 1.60. The molecule has 1 saturated heterocycles. The van der Waals surface area contributed by atoms with Gasteiger partial charge in [0.1, 0.15) is 11.3 Å². The number of nitrogens with zero attached hydrogens (tertiary/aromatic N) is 2.